The van der Waals surface area contributed by atoms with Crippen LogP contribution in [0.1, 0.15) is 36.8 Å². The Morgan fingerprint density at radius 1 is 1.28 bits per heavy atom. The highest BCUT2D eigenvalue weighted by Gasteiger charge is 2.39. The van der Waals surface area contributed by atoms with Crippen LogP contribution in [0.25, 0.3) is 0 Å². The molecule has 2 heteroatoms. The van der Waals surface area contributed by atoms with Crippen molar-refractivity contribution in [1.29, 1.82) is 0 Å². The van der Waals surface area contributed by atoms with Crippen LogP contribution >= 0.6 is 0 Å². The quantitative estimate of drug-likeness (QED) is 0.883. The second-order valence-electron chi connectivity index (χ2n) is 6.01. The van der Waals surface area contributed by atoms with Crippen LogP contribution in [0.3, 0.4) is 0 Å². The van der Waals surface area contributed by atoms with Crippen LogP contribution < -0.4 is 10.5 Å². The first-order valence-corrected chi connectivity index (χ1v) is 7.19. The average Bonchev–Trinajstić information content (AvgIpc) is 2.99. The van der Waals surface area contributed by atoms with Crippen molar-refractivity contribution in [2.45, 2.75) is 39.2 Å². The summed E-state index contributed by atoms with van der Waals surface area (Å²) in [4.78, 5) is 0. The smallest absolute Gasteiger partial charge is 0.126 e. The monoisotopic (exact) mass is 245 g/mol. The lowest BCUT2D eigenvalue weighted by Crippen LogP contribution is -2.19. The Kier molecular flexibility index (Phi) is 3.29. The number of ether oxygens (including phenoxy) is 1. The van der Waals surface area contributed by atoms with Crippen molar-refractivity contribution < 1.29 is 4.74 Å². The summed E-state index contributed by atoms with van der Waals surface area (Å²) in [6.45, 7) is 3.56. The minimum Gasteiger partial charge on any atom is -0.493 e. The molecule has 2 fully saturated rings. The van der Waals surface area contributed by atoms with E-state index in [1.165, 1.54) is 31.2 Å². The van der Waals surface area contributed by atoms with E-state index in [4.69, 9.17) is 10.5 Å². The highest BCUT2D eigenvalue weighted by Crippen LogP contribution is 2.48. The molecule has 3 unspecified atom stereocenters. The van der Waals surface area contributed by atoms with E-state index in [1.807, 2.05) is 0 Å². The minimum atomic E-state index is 0.563. The summed E-state index contributed by atoms with van der Waals surface area (Å²) in [5, 5.41) is 0. The van der Waals surface area contributed by atoms with Crippen LogP contribution in [0.2, 0.25) is 0 Å². The highest BCUT2D eigenvalue weighted by molar-refractivity contribution is 5.40. The van der Waals surface area contributed by atoms with Gasteiger partial charge in [0.1, 0.15) is 5.75 Å². The van der Waals surface area contributed by atoms with Gasteiger partial charge in [0.15, 0.2) is 0 Å². The summed E-state index contributed by atoms with van der Waals surface area (Å²) in [5.41, 5.74) is 8.13. The number of rotatable bonds is 4. The van der Waals surface area contributed by atoms with Crippen molar-refractivity contribution in [3.05, 3.63) is 29.3 Å². The van der Waals surface area contributed by atoms with Gasteiger partial charge < -0.3 is 10.5 Å². The number of hydrogen-bond donors (Lipinski definition) is 1. The van der Waals surface area contributed by atoms with Gasteiger partial charge in [0.2, 0.25) is 0 Å². The van der Waals surface area contributed by atoms with Gasteiger partial charge in [0, 0.05) is 12.1 Å². The molecule has 2 N–H and O–H groups in total. The average molecular weight is 245 g/mol. The summed E-state index contributed by atoms with van der Waals surface area (Å²) < 4.78 is 6.12. The third kappa shape index (κ3) is 2.14. The van der Waals surface area contributed by atoms with Crippen LogP contribution in [-0.4, -0.2) is 6.61 Å². The molecule has 3 rings (SSSR count). The normalized spacial score (nSPS) is 29.8. The van der Waals surface area contributed by atoms with Crippen LogP contribution in [0, 0.1) is 24.7 Å². The molecule has 2 aliphatic carbocycles. The van der Waals surface area contributed by atoms with Crippen molar-refractivity contribution in [1.82, 2.24) is 0 Å². The van der Waals surface area contributed by atoms with E-state index in [-0.39, 0.29) is 0 Å². The van der Waals surface area contributed by atoms with E-state index >= 15 is 0 Å². The number of benzene rings is 1. The summed E-state index contributed by atoms with van der Waals surface area (Å²) in [6.07, 6.45) is 5.72. The van der Waals surface area contributed by atoms with Crippen molar-refractivity contribution in [2.24, 2.45) is 23.5 Å². The lowest BCUT2D eigenvalue weighted by molar-refractivity contribution is 0.193. The zero-order valence-electron chi connectivity index (χ0n) is 11.2. The van der Waals surface area contributed by atoms with Crippen molar-refractivity contribution >= 4 is 0 Å². The maximum Gasteiger partial charge on any atom is 0.126 e. The van der Waals surface area contributed by atoms with Crippen LogP contribution in [0.4, 0.5) is 0 Å². The molecule has 0 spiro atoms. The fourth-order valence-corrected chi connectivity index (χ4v) is 3.85. The fourth-order valence-electron chi connectivity index (χ4n) is 3.85. The predicted octanol–water partition coefficient (Wildman–Crippen LogP) is 3.27. The third-order valence-electron chi connectivity index (χ3n) is 4.84. The number of hydrogen-bond acceptors (Lipinski definition) is 2. The molecule has 0 aliphatic heterocycles. The standard InChI is InChI=1S/C16H23NO/c1-11-3-2-4-14(9-17)16(11)18-10-15-8-12-5-6-13(15)7-12/h2-4,12-13,15H,5-10,17H2,1H3. The maximum absolute atomic E-state index is 6.12. The number of nitrogens with two attached hydrogens (primary N) is 1. The molecule has 1 aromatic rings. The first kappa shape index (κ1) is 12.0. The van der Waals surface area contributed by atoms with Gasteiger partial charge in [0.25, 0.3) is 0 Å². The molecule has 2 nitrogen and oxygen atoms in total. The summed E-state index contributed by atoms with van der Waals surface area (Å²) >= 11 is 0. The molecule has 0 saturated heterocycles. The van der Waals surface area contributed by atoms with Gasteiger partial charge in [-0.2, -0.15) is 0 Å². The molecular weight excluding hydrogens is 222 g/mol. The highest BCUT2D eigenvalue weighted by atomic mass is 16.5. The van der Waals surface area contributed by atoms with Gasteiger partial charge >= 0.3 is 0 Å². The number of fused-ring (bicyclic) bond motifs is 2. The van der Waals surface area contributed by atoms with E-state index < -0.39 is 0 Å². The van der Waals surface area contributed by atoms with Gasteiger partial charge in [-0.3, -0.25) is 0 Å². The van der Waals surface area contributed by atoms with Gasteiger partial charge in [-0.1, -0.05) is 24.6 Å². The van der Waals surface area contributed by atoms with Gasteiger partial charge in [-0.05, 0) is 49.5 Å². The Balaban J connectivity index is 1.66. The Morgan fingerprint density at radius 2 is 2.17 bits per heavy atom. The van der Waals surface area contributed by atoms with E-state index in [2.05, 4.69) is 25.1 Å². The number of aryl methyl sites for hydroxylation is 1. The van der Waals surface area contributed by atoms with Crippen LogP contribution in [0.15, 0.2) is 18.2 Å². The first-order valence-electron chi connectivity index (χ1n) is 7.19. The third-order valence-corrected chi connectivity index (χ3v) is 4.84. The van der Waals surface area contributed by atoms with E-state index in [0.29, 0.717) is 6.54 Å². The molecule has 2 aliphatic rings. The Labute approximate surface area is 110 Å². The zero-order chi connectivity index (χ0) is 12.5. The second-order valence-corrected chi connectivity index (χ2v) is 6.01. The fraction of sp³-hybridized carbons (Fsp3) is 0.625. The first-order chi connectivity index (χ1) is 8.78. The topological polar surface area (TPSA) is 35.2 Å². The van der Waals surface area contributed by atoms with E-state index in [9.17, 15) is 0 Å². The Bertz CT molecular complexity index is 429. The zero-order valence-corrected chi connectivity index (χ0v) is 11.2. The molecule has 0 amide bonds. The van der Waals surface area contributed by atoms with E-state index in [0.717, 1.165) is 35.7 Å². The lowest BCUT2D eigenvalue weighted by atomic mass is 9.89. The molecule has 2 bridgehead atoms. The molecule has 3 atom stereocenters. The Hall–Kier alpha value is -1.02. The molecule has 2 saturated carbocycles. The Morgan fingerprint density at radius 3 is 2.83 bits per heavy atom. The minimum absolute atomic E-state index is 0.563. The van der Waals surface area contributed by atoms with Gasteiger partial charge in [-0.25, -0.2) is 0 Å². The molecule has 0 radical (unpaired) electrons. The maximum atomic E-state index is 6.12. The SMILES string of the molecule is Cc1cccc(CN)c1OCC1CC2CCC1C2. The molecular formula is C16H23NO. The predicted molar refractivity (Wildman–Crippen MR) is 73.5 cm³/mol. The van der Waals surface area contributed by atoms with Crippen molar-refractivity contribution in [2.75, 3.05) is 6.61 Å². The van der Waals surface area contributed by atoms with Crippen molar-refractivity contribution in [3.63, 3.8) is 0 Å². The molecule has 18 heavy (non-hydrogen) atoms. The molecule has 0 aromatic heterocycles. The van der Waals surface area contributed by atoms with Gasteiger partial charge in [0.05, 0.1) is 6.61 Å². The van der Waals surface area contributed by atoms with Gasteiger partial charge in [-0.15, -0.1) is 0 Å². The second kappa shape index (κ2) is 4.93. The molecule has 98 valence electrons. The summed E-state index contributed by atoms with van der Waals surface area (Å²) in [5.74, 6) is 3.74. The van der Waals surface area contributed by atoms with E-state index in [1.54, 1.807) is 0 Å². The molecule has 0 heterocycles. The molecule has 1 aromatic carbocycles. The lowest BCUT2D eigenvalue weighted by Gasteiger charge is -2.23. The van der Waals surface area contributed by atoms with Crippen molar-refractivity contribution in [3.8, 4) is 5.75 Å². The summed E-state index contributed by atoms with van der Waals surface area (Å²) in [7, 11) is 0. The number of para-hydroxylation sites is 1. The largest absolute Gasteiger partial charge is 0.493 e. The van der Waals surface area contributed by atoms with Crippen LogP contribution in [0.5, 0.6) is 5.75 Å². The van der Waals surface area contributed by atoms with Crippen LogP contribution in [-0.2, 0) is 6.54 Å². The summed E-state index contributed by atoms with van der Waals surface area (Å²) in [6, 6.07) is 6.24.